The average Bonchev–Trinajstić information content (AvgIpc) is 2.35. The van der Waals surface area contributed by atoms with Crippen LogP contribution in [0.2, 0.25) is 0 Å². The number of hydrogen-bond donors (Lipinski definition) is 1. The van der Waals surface area contributed by atoms with E-state index in [9.17, 15) is 5.11 Å². The molecule has 0 aromatic carbocycles. The second kappa shape index (κ2) is 4.94. The van der Waals surface area contributed by atoms with Crippen molar-refractivity contribution in [2.75, 3.05) is 26.2 Å². The van der Waals surface area contributed by atoms with Crippen molar-refractivity contribution in [2.24, 2.45) is 23.2 Å². The summed E-state index contributed by atoms with van der Waals surface area (Å²) in [5, 5.41) is 11.1. The highest BCUT2D eigenvalue weighted by molar-refractivity contribution is 5.05. The molecule has 120 valence electrons. The van der Waals surface area contributed by atoms with Crippen molar-refractivity contribution in [2.45, 2.75) is 64.1 Å². The van der Waals surface area contributed by atoms with Crippen molar-refractivity contribution < 1.29 is 9.84 Å². The standard InChI is InChI=1S/C18H31NO2/c1-17(2)12-19(3-4-21-17)11-16(20)18-8-13-5-14(9-18)7-15(6-13)10-18/h13-16,20H,3-12H2,1-2H3. The molecule has 5 aliphatic rings. The molecule has 5 fully saturated rings. The minimum absolute atomic E-state index is 0.0561. The van der Waals surface area contributed by atoms with E-state index in [1.54, 1.807) is 0 Å². The van der Waals surface area contributed by atoms with Crippen LogP contribution >= 0.6 is 0 Å². The number of β-amino-alcohol motifs (C(OH)–C–C–N with tert-alkyl or cyclic N) is 1. The Bertz CT molecular complexity index is 371. The molecule has 1 aliphatic heterocycles. The fourth-order valence-electron chi connectivity index (χ4n) is 6.29. The molecule has 1 unspecified atom stereocenters. The van der Waals surface area contributed by atoms with Gasteiger partial charge in [-0.2, -0.15) is 0 Å². The summed E-state index contributed by atoms with van der Waals surface area (Å²) in [4.78, 5) is 2.44. The maximum absolute atomic E-state index is 11.1. The minimum atomic E-state index is -0.125. The van der Waals surface area contributed by atoms with E-state index in [-0.39, 0.29) is 17.1 Å². The maximum Gasteiger partial charge on any atom is 0.0753 e. The quantitative estimate of drug-likeness (QED) is 0.868. The van der Waals surface area contributed by atoms with Crippen molar-refractivity contribution in [1.82, 2.24) is 4.90 Å². The van der Waals surface area contributed by atoms with Crippen LogP contribution in [0.25, 0.3) is 0 Å². The largest absolute Gasteiger partial charge is 0.391 e. The molecular weight excluding hydrogens is 262 g/mol. The number of morpholine rings is 1. The molecule has 4 aliphatic carbocycles. The Kier molecular flexibility index (Phi) is 3.40. The van der Waals surface area contributed by atoms with E-state index in [1.165, 1.54) is 38.5 Å². The van der Waals surface area contributed by atoms with Crippen LogP contribution < -0.4 is 0 Å². The van der Waals surface area contributed by atoms with Crippen molar-refractivity contribution in [3.63, 3.8) is 0 Å². The van der Waals surface area contributed by atoms with Gasteiger partial charge in [0.25, 0.3) is 0 Å². The highest BCUT2D eigenvalue weighted by atomic mass is 16.5. The summed E-state index contributed by atoms with van der Waals surface area (Å²) >= 11 is 0. The number of hydrogen-bond acceptors (Lipinski definition) is 3. The van der Waals surface area contributed by atoms with Gasteiger partial charge in [-0.05, 0) is 75.5 Å². The van der Waals surface area contributed by atoms with Crippen LogP contribution in [0.3, 0.4) is 0 Å². The molecule has 0 radical (unpaired) electrons. The Morgan fingerprint density at radius 2 is 1.67 bits per heavy atom. The van der Waals surface area contributed by atoms with Gasteiger partial charge in [-0.15, -0.1) is 0 Å². The predicted molar refractivity (Wildman–Crippen MR) is 83.1 cm³/mol. The first-order valence-corrected chi connectivity index (χ1v) is 8.99. The van der Waals surface area contributed by atoms with Crippen molar-refractivity contribution >= 4 is 0 Å². The smallest absolute Gasteiger partial charge is 0.0753 e. The van der Waals surface area contributed by atoms with Gasteiger partial charge in [-0.3, -0.25) is 4.90 Å². The monoisotopic (exact) mass is 293 g/mol. The Labute approximate surface area is 129 Å². The molecule has 4 bridgehead atoms. The summed E-state index contributed by atoms with van der Waals surface area (Å²) in [7, 11) is 0. The number of aliphatic hydroxyl groups excluding tert-OH is 1. The molecule has 0 spiro atoms. The SMILES string of the molecule is CC1(C)CN(CC(O)C23CC4CC(CC(C4)C2)C3)CCO1. The molecule has 1 atom stereocenters. The van der Waals surface area contributed by atoms with Gasteiger partial charge in [0.05, 0.1) is 18.3 Å². The minimum Gasteiger partial charge on any atom is -0.391 e. The van der Waals surface area contributed by atoms with Crippen molar-refractivity contribution in [3.05, 3.63) is 0 Å². The van der Waals surface area contributed by atoms with E-state index in [2.05, 4.69) is 18.7 Å². The topological polar surface area (TPSA) is 32.7 Å². The zero-order chi connectivity index (χ0) is 14.7. The molecule has 1 heterocycles. The number of ether oxygens (including phenoxy) is 1. The van der Waals surface area contributed by atoms with E-state index in [0.717, 1.165) is 44.0 Å². The average molecular weight is 293 g/mol. The summed E-state index contributed by atoms with van der Waals surface area (Å²) in [5.41, 5.74) is 0.205. The molecular formula is C18H31NO2. The number of rotatable bonds is 3. The molecule has 1 saturated heterocycles. The van der Waals surface area contributed by atoms with Gasteiger partial charge in [-0.25, -0.2) is 0 Å². The van der Waals surface area contributed by atoms with E-state index < -0.39 is 0 Å². The molecule has 0 aromatic heterocycles. The van der Waals surface area contributed by atoms with Gasteiger partial charge >= 0.3 is 0 Å². The third-order valence-corrected chi connectivity index (χ3v) is 6.73. The van der Waals surface area contributed by atoms with Crippen LogP contribution in [-0.2, 0) is 4.74 Å². The van der Waals surface area contributed by atoms with Crippen LogP contribution in [0.15, 0.2) is 0 Å². The first-order valence-electron chi connectivity index (χ1n) is 8.99. The summed E-state index contributed by atoms with van der Waals surface area (Å²) in [6, 6.07) is 0. The zero-order valence-electron chi connectivity index (χ0n) is 13.7. The summed E-state index contributed by atoms with van der Waals surface area (Å²) < 4.78 is 5.80. The van der Waals surface area contributed by atoms with Gasteiger partial charge < -0.3 is 9.84 Å². The zero-order valence-corrected chi connectivity index (χ0v) is 13.7. The van der Waals surface area contributed by atoms with Crippen LogP contribution in [0.4, 0.5) is 0 Å². The Hall–Kier alpha value is -0.120. The lowest BCUT2D eigenvalue weighted by molar-refractivity contribution is -0.142. The molecule has 21 heavy (non-hydrogen) atoms. The van der Waals surface area contributed by atoms with E-state index in [1.807, 2.05) is 0 Å². The molecule has 1 N–H and O–H groups in total. The Balaban J connectivity index is 1.44. The number of nitrogens with zero attached hydrogens (tertiary/aromatic N) is 1. The van der Waals surface area contributed by atoms with Gasteiger partial charge in [0, 0.05) is 19.6 Å². The van der Waals surface area contributed by atoms with Crippen LogP contribution in [-0.4, -0.2) is 48.0 Å². The van der Waals surface area contributed by atoms with Gasteiger partial charge in [0.1, 0.15) is 0 Å². The molecule has 3 heteroatoms. The van der Waals surface area contributed by atoms with E-state index >= 15 is 0 Å². The third-order valence-electron chi connectivity index (χ3n) is 6.73. The van der Waals surface area contributed by atoms with Crippen molar-refractivity contribution in [1.29, 1.82) is 0 Å². The van der Waals surface area contributed by atoms with E-state index in [4.69, 9.17) is 4.74 Å². The summed E-state index contributed by atoms with van der Waals surface area (Å²) in [5.74, 6) is 2.77. The summed E-state index contributed by atoms with van der Waals surface area (Å²) in [6.45, 7) is 7.93. The number of aliphatic hydroxyl groups is 1. The lowest BCUT2D eigenvalue weighted by Gasteiger charge is -2.59. The highest BCUT2D eigenvalue weighted by Crippen LogP contribution is 2.61. The normalized spacial score (nSPS) is 46.7. The highest BCUT2D eigenvalue weighted by Gasteiger charge is 2.54. The molecule has 4 saturated carbocycles. The Morgan fingerprint density at radius 3 is 2.19 bits per heavy atom. The molecule has 3 nitrogen and oxygen atoms in total. The third kappa shape index (κ3) is 2.66. The molecule has 5 rings (SSSR count). The maximum atomic E-state index is 11.1. The summed E-state index contributed by atoms with van der Waals surface area (Å²) in [6.07, 6.45) is 8.14. The first-order chi connectivity index (χ1) is 9.94. The van der Waals surface area contributed by atoms with Gasteiger partial charge in [0.15, 0.2) is 0 Å². The lowest BCUT2D eigenvalue weighted by atomic mass is 9.48. The van der Waals surface area contributed by atoms with Crippen LogP contribution in [0.1, 0.15) is 52.4 Å². The fourth-order valence-corrected chi connectivity index (χ4v) is 6.29. The predicted octanol–water partition coefficient (Wildman–Crippen LogP) is 2.67. The van der Waals surface area contributed by atoms with E-state index in [0.29, 0.717) is 0 Å². The lowest BCUT2D eigenvalue weighted by Crippen LogP contribution is -2.57. The second-order valence-corrected chi connectivity index (χ2v) is 9.14. The molecule has 0 amide bonds. The molecule has 0 aromatic rings. The van der Waals surface area contributed by atoms with Crippen molar-refractivity contribution in [3.8, 4) is 0 Å². The van der Waals surface area contributed by atoms with Gasteiger partial charge in [-0.1, -0.05) is 0 Å². The van der Waals surface area contributed by atoms with Crippen LogP contribution in [0.5, 0.6) is 0 Å². The fraction of sp³-hybridized carbons (Fsp3) is 1.00. The van der Waals surface area contributed by atoms with Gasteiger partial charge in [0.2, 0.25) is 0 Å². The second-order valence-electron chi connectivity index (χ2n) is 9.14. The Morgan fingerprint density at radius 1 is 1.10 bits per heavy atom. The first kappa shape index (κ1) is 14.5. The van der Waals surface area contributed by atoms with Crippen LogP contribution in [0, 0.1) is 23.2 Å².